The summed E-state index contributed by atoms with van der Waals surface area (Å²) >= 11 is 3.22. The summed E-state index contributed by atoms with van der Waals surface area (Å²) in [4.78, 5) is 0. The number of aromatic hydroxyl groups is 1. The molecule has 13 heavy (non-hydrogen) atoms. The SMILES string of the molecule is Oc1ccccc1-c1conc1Br. The monoisotopic (exact) mass is 239 g/mol. The van der Waals surface area contributed by atoms with Gasteiger partial charge in [-0.2, -0.15) is 0 Å². The first-order valence-corrected chi connectivity index (χ1v) is 4.46. The average molecular weight is 240 g/mol. The number of hydrogen-bond acceptors (Lipinski definition) is 3. The van der Waals surface area contributed by atoms with Gasteiger partial charge >= 0.3 is 0 Å². The van der Waals surface area contributed by atoms with Gasteiger partial charge in [0.15, 0.2) is 4.60 Å². The fourth-order valence-corrected chi connectivity index (χ4v) is 1.49. The Morgan fingerprint density at radius 3 is 2.62 bits per heavy atom. The fraction of sp³-hybridized carbons (Fsp3) is 0. The van der Waals surface area contributed by atoms with Crippen molar-refractivity contribution in [3.8, 4) is 16.9 Å². The normalized spacial score (nSPS) is 10.2. The van der Waals surface area contributed by atoms with Crippen LogP contribution in [0, 0.1) is 0 Å². The Kier molecular flexibility index (Phi) is 2.06. The second-order valence-corrected chi connectivity index (χ2v) is 3.29. The van der Waals surface area contributed by atoms with Crippen LogP contribution in [0.25, 0.3) is 11.1 Å². The number of benzene rings is 1. The van der Waals surface area contributed by atoms with Crippen LogP contribution >= 0.6 is 15.9 Å². The zero-order valence-electron chi connectivity index (χ0n) is 6.57. The second-order valence-electron chi connectivity index (χ2n) is 2.54. The largest absolute Gasteiger partial charge is 0.507 e. The molecule has 2 aromatic rings. The van der Waals surface area contributed by atoms with E-state index in [1.165, 1.54) is 6.26 Å². The first-order chi connectivity index (χ1) is 6.29. The number of phenolic OH excluding ortho intramolecular Hbond substituents is 1. The molecule has 2 rings (SSSR count). The van der Waals surface area contributed by atoms with Crippen LogP contribution in [-0.2, 0) is 0 Å². The molecule has 66 valence electrons. The van der Waals surface area contributed by atoms with E-state index in [4.69, 9.17) is 4.52 Å². The smallest absolute Gasteiger partial charge is 0.157 e. The van der Waals surface area contributed by atoms with E-state index in [0.717, 1.165) is 5.56 Å². The number of phenols is 1. The van der Waals surface area contributed by atoms with Crippen molar-refractivity contribution in [2.24, 2.45) is 0 Å². The van der Waals surface area contributed by atoms with Crippen LogP contribution in [0.2, 0.25) is 0 Å². The van der Waals surface area contributed by atoms with Crippen LogP contribution in [0.4, 0.5) is 0 Å². The molecule has 1 aromatic carbocycles. The maximum Gasteiger partial charge on any atom is 0.157 e. The number of nitrogens with zero attached hydrogens (tertiary/aromatic N) is 1. The summed E-state index contributed by atoms with van der Waals surface area (Å²) in [6.07, 6.45) is 1.49. The summed E-state index contributed by atoms with van der Waals surface area (Å²) in [5.41, 5.74) is 1.45. The van der Waals surface area contributed by atoms with Crippen molar-refractivity contribution in [1.29, 1.82) is 0 Å². The molecule has 0 atom stereocenters. The van der Waals surface area contributed by atoms with Gasteiger partial charge in [0.05, 0.1) is 5.56 Å². The minimum atomic E-state index is 0.214. The maximum absolute atomic E-state index is 9.52. The molecule has 0 bridgehead atoms. The van der Waals surface area contributed by atoms with Gasteiger partial charge in [-0.05, 0) is 22.0 Å². The van der Waals surface area contributed by atoms with Crippen molar-refractivity contribution in [1.82, 2.24) is 5.16 Å². The third-order valence-corrected chi connectivity index (χ3v) is 2.29. The topological polar surface area (TPSA) is 46.3 Å². The summed E-state index contributed by atoms with van der Waals surface area (Å²) in [6.45, 7) is 0. The van der Waals surface area contributed by atoms with Crippen molar-refractivity contribution in [2.75, 3.05) is 0 Å². The van der Waals surface area contributed by atoms with Gasteiger partial charge in [0, 0.05) is 5.56 Å². The zero-order valence-corrected chi connectivity index (χ0v) is 8.15. The van der Waals surface area contributed by atoms with Gasteiger partial charge in [0.25, 0.3) is 0 Å². The van der Waals surface area contributed by atoms with Crippen LogP contribution in [0.3, 0.4) is 0 Å². The van der Waals surface area contributed by atoms with E-state index in [-0.39, 0.29) is 5.75 Å². The Bertz CT molecular complexity index is 425. The van der Waals surface area contributed by atoms with Crippen molar-refractivity contribution in [3.05, 3.63) is 35.1 Å². The minimum Gasteiger partial charge on any atom is -0.507 e. The van der Waals surface area contributed by atoms with E-state index in [1.807, 2.05) is 6.07 Å². The van der Waals surface area contributed by atoms with Crippen LogP contribution in [0.5, 0.6) is 5.75 Å². The van der Waals surface area contributed by atoms with E-state index in [1.54, 1.807) is 18.2 Å². The van der Waals surface area contributed by atoms with Gasteiger partial charge in [-0.1, -0.05) is 23.4 Å². The van der Waals surface area contributed by atoms with Crippen LogP contribution in [0.15, 0.2) is 39.7 Å². The molecule has 3 nitrogen and oxygen atoms in total. The van der Waals surface area contributed by atoms with Gasteiger partial charge in [0.1, 0.15) is 12.0 Å². The van der Waals surface area contributed by atoms with Crippen LogP contribution in [-0.4, -0.2) is 10.3 Å². The quantitative estimate of drug-likeness (QED) is 0.833. The Morgan fingerprint density at radius 2 is 2.00 bits per heavy atom. The standard InChI is InChI=1S/C9H6BrNO2/c10-9-7(5-13-11-9)6-3-1-2-4-8(6)12/h1-5,12H. The van der Waals surface area contributed by atoms with Gasteiger partial charge in [-0.3, -0.25) is 0 Å². The number of rotatable bonds is 1. The summed E-state index contributed by atoms with van der Waals surface area (Å²) in [7, 11) is 0. The number of para-hydroxylation sites is 1. The molecular weight excluding hydrogens is 234 g/mol. The third kappa shape index (κ3) is 1.45. The minimum absolute atomic E-state index is 0.214. The molecule has 0 spiro atoms. The molecule has 1 heterocycles. The first-order valence-electron chi connectivity index (χ1n) is 3.67. The van der Waals surface area contributed by atoms with Crippen LogP contribution in [0.1, 0.15) is 0 Å². The highest BCUT2D eigenvalue weighted by molar-refractivity contribution is 9.10. The molecule has 1 aromatic heterocycles. The first kappa shape index (κ1) is 8.31. The van der Waals surface area contributed by atoms with Crippen molar-refractivity contribution in [3.63, 3.8) is 0 Å². The Labute approximate surface area is 83.1 Å². The predicted molar refractivity (Wildman–Crippen MR) is 51.3 cm³/mol. The Balaban J connectivity index is 2.59. The van der Waals surface area contributed by atoms with Gasteiger partial charge < -0.3 is 9.63 Å². The molecule has 0 aliphatic rings. The van der Waals surface area contributed by atoms with E-state index in [0.29, 0.717) is 10.2 Å². The highest BCUT2D eigenvalue weighted by Crippen LogP contribution is 2.33. The van der Waals surface area contributed by atoms with Crippen LogP contribution < -0.4 is 0 Å². The third-order valence-electron chi connectivity index (χ3n) is 1.72. The molecule has 0 aliphatic heterocycles. The van der Waals surface area contributed by atoms with E-state index in [2.05, 4.69) is 21.1 Å². The van der Waals surface area contributed by atoms with Crippen molar-refractivity contribution >= 4 is 15.9 Å². The number of hydrogen-bond donors (Lipinski definition) is 1. The lowest BCUT2D eigenvalue weighted by Gasteiger charge is -1.99. The van der Waals surface area contributed by atoms with Crippen molar-refractivity contribution < 1.29 is 9.63 Å². The van der Waals surface area contributed by atoms with Gasteiger partial charge in [0.2, 0.25) is 0 Å². The maximum atomic E-state index is 9.52. The molecule has 0 radical (unpaired) electrons. The van der Waals surface area contributed by atoms with Crippen molar-refractivity contribution in [2.45, 2.75) is 0 Å². The molecule has 0 aliphatic carbocycles. The summed E-state index contributed by atoms with van der Waals surface area (Å²) in [6, 6.07) is 7.02. The molecule has 1 N–H and O–H groups in total. The lowest BCUT2D eigenvalue weighted by Crippen LogP contribution is -1.76. The molecule has 4 heteroatoms. The predicted octanol–water partition coefficient (Wildman–Crippen LogP) is 2.81. The summed E-state index contributed by atoms with van der Waals surface area (Å²) in [5.74, 6) is 0.214. The van der Waals surface area contributed by atoms with Gasteiger partial charge in [-0.25, -0.2) is 0 Å². The lowest BCUT2D eigenvalue weighted by atomic mass is 10.1. The Morgan fingerprint density at radius 1 is 1.23 bits per heavy atom. The summed E-state index contributed by atoms with van der Waals surface area (Å²) in [5, 5.41) is 13.2. The molecule has 0 saturated carbocycles. The highest BCUT2D eigenvalue weighted by Gasteiger charge is 2.10. The number of aromatic nitrogens is 1. The number of halogens is 1. The lowest BCUT2D eigenvalue weighted by molar-refractivity contribution is 0.416. The van der Waals surface area contributed by atoms with E-state index < -0.39 is 0 Å². The van der Waals surface area contributed by atoms with Gasteiger partial charge in [-0.15, -0.1) is 0 Å². The van der Waals surface area contributed by atoms with E-state index >= 15 is 0 Å². The summed E-state index contributed by atoms with van der Waals surface area (Å²) < 4.78 is 5.34. The Hall–Kier alpha value is -1.29. The molecule has 0 fully saturated rings. The molecule has 0 saturated heterocycles. The highest BCUT2D eigenvalue weighted by atomic mass is 79.9. The second kappa shape index (κ2) is 3.22. The van der Waals surface area contributed by atoms with E-state index in [9.17, 15) is 5.11 Å². The molecular formula is C9H6BrNO2. The zero-order chi connectivity index (χ0) is 9.26. The molecule has 0 amide bonds. The average Bonchev–Trinajstić information content (AvgIpc) is 2.52. The fourth-order valence-electron chi connectivity index (χ4n) is 1.10. The molecule has 0 unspecified atom stereocenters.